The van der Waals surface area contributed by atoms with Crippen molar-refractivity contribution < 1.29 is 4.79 Å². The van der Waals surface area contributed by atoms with Gasteiger partial charge in [-0.05, 0) is 17.2 Å². The average molecular weight is 362 g/mol. The fraction of sp³-hybridized carbons (Fsp3) is 0.136. The zero-order chi connectivity index (χ0) is 18.0. The summed E-state index contributed by atoms with van der Waals surface area (Å²) in [5, 5.41) is 5.88. The minimum Gasteiger partial charge on any atom is -0.337 e. The number of thioether (sulfide) groups is 1. The molecule has 3 aromatic carbocycles. The molecule has 2 amide bonds. The van der Waals surface area contributed by atoms with Crippen LogP contribution in [0.5, 0.6) is 0 Å². The number of rotatable bonds is 7. The summed E-state index contributed by atoms with van der Waals surface area (Å²) in [6, 6.07) is 28.1. The van der Waals surface area contributed by atoms with Gasteiger partial charge in [0.2, 0.25) is 0 Å². The number of para-hydroxylation sites is 1. The fourth-order valence-corrected chi connectivity index (χ4v) is 3.45. The number of hydrogen-bond donors (Lipinski definition) is 2. The summed E-state index contributed by atoms with van der Waals surface area (Å²) in [6.45, 7) is 0.636. The number of benzene rings is 3. The summed E-state index contributed by atoms with van der Waals surface area (Å²) in [7, 11) is 0. The molecule has 0 bridgehead atoms. The Morgan fingerprint density at radius 3 is 2.23 bits per heavy atom. The van der Waals surface area contributed by atoms with E-state index in [0.717, 1.165) is 28.3 Å². The number of nitrogens with one attached hydrogen (secondary N) is 2. The van der Waals surface area contributed by atoms with Gasteiger partial charge in [0.1, 0.15) is 0 Å². The van der Waals surface area contributed by atoms with Gasteiger partial charge >= 0.3 is 6.03 Å². The lowest BCUT2D eigenvalue weighted by molar-refractivity contribution is 0.252. The molecule has 26 heavy (non-hydrogen) atoms. The third kappa shape index (κ3) is 5.39. The first-order valence-corrected chi connectivity index (χ1v) is 9.79. The number of amides is 2. The Hall–Kier alpha value is -2.72. The second-order valence-corrected chi connectivity index (χ2v) is 6.94. The molecular formula is C22H22N2OS. The third-order valence-electron chi connectivity index (χ3n) is 3.90. The van der Waals surface area contributed by atoms with Gasteiger partial charge in [-0.25, -0.2) is 4.79 Å². The first kappa shape index (κ1) is 18.1. The molecule has 132 valence electrons. The van der Waals surface area contributed by atoms with Crippen LogP contribution in [-0.2, 0) is 5.75 Å². The minimum absolute atomic E-state index is 0.173. The molecule has 0 unspecified atom stereocenters. The number of carbonyl (C=O) groups is 1. The first-order valence-electron chi connectivity index (χ1n) is 8.64. The SMILES string of the molecule is O=C(NCCSCc1ccccc1)Nc1ccccc1-c1ccccc1. The van der Waals surface area contributed by atoms with Gasteiger partial charge in [-0.1, -0.05) is 78.9 Å². The highest BCUT2D eigenvalue weighted by Crippen LogP contribution is 2.27. The first-order chi connectivity index (χ1) is 12.8. The van der Waals surface area contributed by atoms with E-state index in [0.29, 0.717) is 6.54 Å². The van der Waals surface area contributed by atoms with Crippen molar-refractivity contribution in [1.82, 2.24) is 5.32 Å². The van der Waals surface area contributed by atoms with Gasteiger partial charge in [-0.15, -0.1) is 0 Å². The molecular weight excluding hydrogens is 340 g/mol. The molecule has 0 heterocycles. The predicted octanol–water partition coefficient (Wildman–Crippen LogP) is 5.41. The highest BCUT2D eigenvalue weighted by molar-refractivity contribution is 7.98. The minimum atomic E-state index is -0.173. The van der Waals surface area contributed by atoms with Crippen LogP contribution in [0.1, 0.15) is 5.56 Å². The monoisotopic (exact) mass is 362 g/mol. The second-order valence-electron chi connectivity index (χ2n) is 5.83. The third-order valence-corrected chi connectivity index (χ3v) is 4.93. The molecule has 0 fully saturated rings. The van der Waals surface area contributed by atoms with Gasteiger partial charge in [-0.2, -0.15) is 11.8 Å². The summed E-state index contributed by atoms with van der Waals surface area (Å²) in [4.78, 5) is 12.2. The second kappa shape index (κ2) is 9.68. The maximum absolute atomic E-state index is 12.2. The van der Waals surface area contributed by atoms with Crippen molar-refractivity contribution in [3.63, 3.8) is 0 Å². The number of carbonyl (C=O) groups excluding carboxylic acids is 1. The summed E-state index contributed by atoms with van der Waals surface area (Å²) in [5.41, 5.74) is 4.22. The van der Waals surface area contributed by atoms with Gasteiger partial charge in [0.05, 0.1) is 5.69 Å². The molecule has 0 radical (unpaired) electrons. The molecule has 0 saturated heterocycles. The molecule has 0 spiro atoms. The van der Waals surface area contributed by atoms with Crippen molar-refractivity contribution in [2.24, 2.45) is 0 Å². The van der Waals surface area contributed by atoms with Crippen LogP contribution in [0, 0.1) is 0 Å². The van der Waals surface area contributed by atoms with E-state index in [1.165, 1.54) is 5.56 Å². The van der Waals surface area contributed by atoms with Crippen molar-refractivity contribution in [3.8, 4) is 11.1 Å². The molecule has 0 aliphatic carbocycles. The normalized spacial score (nSPS) is 10.3. The molecule has 4 heteroatoms. The fourth-order valence-electron chi connectivity index (χ4n) is 2.63. The number of hydrogen-bond acceptors (Lipinski definition) is 2. The lowest BCUT2D eigenvalue weighted by Gasteiger charge is -2.12. The van der Waals surface area contributed by atoms with Crippen molar-refractivity contribution >= 4 is 23.5 Å². The molecule has 2 N–H and O–H groups in total. The van der Waals surface area contributed by atoms with Gasteiger partial charge < -0.3 is 10.6 Å². The quantitative estimate of drug-likeness (QED) is 0.552. The van der Waals surface area contributed by atoms with Crippen LogP contribution in [0.25, 0.3) is 11.1 Å². The van der Waals surface area contributed by atoms with E-state index in [4.69, 9.17) is 0 Å². The Morgan fingerprint density at radius 1 is 0.808 bits per heavy atom. The summed E-state index contributed by atoms with van der Waals surface area (Å²) in [6.07, 6.45) is 0. The molecule has 3 aromatic rings. The van der Waals surface area contributed by atoms with Crippen molar-refractivity contribution in [1.29, 1.82) is 0 Å². The zero-order valence-corrected chi connectivity index (χ0v) is 15.3. The Balaban J connectivity index is 1.47. The Morgan fingerprint density at radius 2 is 1.46 bits per heavy atom. The Bertz CT molecular complexity index is 822. The van der Waals surface area contributed by atoms with Crippen LogP contribution in [0.3, 0.4) is 0 Å². The standard InChI is InChI=1S/C22H22N2OS/c25-22(23-15-16-26-17-18-9-3-1-4-10-18)24-21-14-8-7-13-20(21)19-11-5-2-6-12-19/h1-14H,15-17H2,(H2,23,24,25). The summed E-state index contributed by atoms with van der Waals surface area (Å²) < 4.78 is 0. The van der Waals surface area contributed by atoms with Crippen LogP contribution >= 0.6 is 11.8 Å². The molecule has 0 aliphatic heterocycles. The maximum Gasteiger partial charge on any atom is 0.319 e. The predicted molar refractivity (Wildman–Crippen MR) is 112 cm³/mol. The van der Waals surface area contributed by atoms with Crippen LogP contribution in [-0.4, -0.2) is 18.3 Å². The Labute approximate surface area is 158 Å². The van der Waals surface area contributed by atoms with E-state index in [1.807, 2.05) is 84.6 Å². The molecule has 0 aromatic heterocycles. The number of anilines is 1. The molecule has 3 rings (SSSR count). The molecule has 0 saturated carbocycles. The lowest BCUT2D eigenvalue weighted by atomic mass is 10.0. The summed E-state index contributed by atoms with van der Waals surface area (Å²) >= 11 is 1.81. The van der Waals surface area contributed by atoms with E-state index < -0.39 is 0 Å². The van der Waals surface area contributed by atoms with E-state index in [1.54, 1.807) is 0 Å². The van der Waals surface area contributed by atoms with E-state index >= 15 is 0 Å². The van der Waals surface area contributed by atoms with Crippen molar-refractivity contribution in [2.45, 2.75) is 5.75 Å². The van der Waals surface area contributed by atoms with Crippen LogP contribution in [0.15, 0.2) is 84.9 Å². The van der Waals surface area contributed by atoms with E-state index in [2.05, 4.69) is 22.8 Å². The van der Waals surface area contributed by atoms with Crippen molar-refractivity contribution in [3.05, 3.63) is 90.5 Å². The van der Waals surface area contributed by atoms with Crippen LogP contribution in [0.4, 0.5) is 10.5 Å². The van der Waals surface area contributed by atoms with Gasteiger partial charge in [0.15, 0.2) is 0 Å². The topological polar surface area (TPSA) is 41.1 Å². The average Bonchev–Trinajstić information content (AvgIpc) is 2.70. The molecule has 0 atom stereocenters. The highest BCUT2D eigenvalue weighted by atomic mass is 32.2. The van der Waals surface area contributed by atoms with Crippen LogP contribution in [0.2, 0.25) is 0 Å². The molecule has 3 nitrogen and oxygen atoms in total. The molecule has 0 aliphatic rings. The van der Waals surface area contributed by atoms with Crippen molar-refractivity contribution in [2.75, 3.05) is 17.6 Å². The van der Waals surface area contributed by atoms with Gasteiger partial charge in [-0.3, -0.25) is 0 Å². The van der Waals surface area contributed by atoms with Gasteiger partial charge in [0.25, 0.3) is 0 Å². The zero-order valence-electron chi connectivity index (χ0n) is 14.5. The Kier molecular flexibility index (Phi) is 6.73. The summed E-state index contributed by atoms with van der Waals surface area (Å²) in [5.74, 6) is 1.84. The largest absolute Gasteiger partial charge is 0.337 e. The van der Waals surface area contributed by atoms with E-state index in [-0.39, 0.29) is 6.03 Å². The highest BCUT2D eigenvalue weighted by Gasteiger charge is 2.07. The number of urea groups is 1. The lowest BCUT2D eigenvalue weighted by Crippen LogP contribution is -2.30. The van der Waals surface area contributed by atoms with E-state index in [9.17, 15) is 4.79 Å². The van der Waals surface area contributed by atoms with Gasteiger partial charge in [0, 0.05) is 23.6 Å². The van der Waals surface area contributed by atoms with Crippen LogP contribution < -0.4 is 10.6 Å². The maximum atomic E-state index is 12.2. The smallest absolute Gasteiger partial charge is 0.319 e.